The Bertz CT molecular complexity index is 249. The Hall–Kier alpha value is -1.38. The number of para-hydroxylation sites is 1. The van der Waals surface area contributed by atoms with Crippen LogP contribution in [0, 0.1) is 0 Å². The quantitative estimate of drug-likeness (QED) is 0.723. The summed E-state index contributed by atoms with van der Waals surface area (Å²) in [5, 5.41) is 0. The standard InChI is InChI=1S/C10H15NO2/c1-3-12-8-6-5-7-9(10(8)11)13-4-2/h5-7H,3-4,11H2,1-2H3. The molecule has 0 spiro atoms. The molecule has 0 radical (unpaired) electrons. The highest BCUT2D eigenvalue weighted by molar-refractivity contribution is 5.62. The van der Waals surface area contributed by atoms with Gasteiger partial charge in [-0.2, -0.15) is 0 Å². The molecular weight excluding hydrogens is 166 g/mol. The number of anilines is 1. The molecule has 0 aromatic heterocycles. The lowest BCUT2D eigenvalue weighted by Gasteiger charge is -2.10. The number of hydrogen-bond donors (Lipinski definition) is 1. The Morgan fingerprint density at radius 2 is 1.54 bits per heavy atom. The predicted molar refractivity (Wildman–Crippen MR) is 53.2 cm³/mol. The molecule has 1 rings (SSSR count). The molecule has 3 heteroatoms. The van der Waals surface area contributed by atoms with Gasteiger partial charge in [0, 0.05) is 0 Å². The Morgan fingerprint density at radius 1 is 1.08 bits per heavy atom. The van der Waals surface area contributed by atoms with Crippen molar-refractivity contribution in [1.29, 1.82) is 0 Å². The zero-order chi connectivity index (χ0) is 9.68. The summed E-state index contributed by atoms with van der Waals surface area (Å²) in [5.41, 5.74) is 6.38. The van der Waals surface area contributed by atoms with Gasteiger partial charge < -0.3 is 15.2 Å². The minimum absolute atomic E-state index is 0.575. The highest BCUT2D eigenvalue weighted by Crippen LogP contribution is 2.31. The fraction of sp³-hybridized carbons (Fsp3) is 0.400. The van der Waals surface area contributed by atoms with Crippen molar-refractivity contribution in [3.63, 3.8) is 0 Å². The van der Waals surface area contributed by atoms with Gasteiger partial charge in [0.15, 0.2) is 0 Å². The first-order chi connectivity index (χ1) is 6.29. The van der Waals surface area contributed by atoms with Gasteiger partial charge in [0.25, 0.3) is 0 Å². The molecule has 0 atom stereocenters. The van der Waals surface area contributed by atoms with E-state index in [-0.39, 0.29) is 0 Å². The number of rotatable bonds is 4. The first-order valence-corrected chi connectivity index (χ1v) is 4.43. The van der Waals surface area contributed by atoms with E-state index in [1.807, 2.05) is 32.0 Å². The topological polar surface area (TPSA) is 44.5 Å². The molecular formula is C10H15NO2. The monoisotopic (exact) mass is 181 g/mol. The maximum atomic E-state index is 5.81. The molecule has 3 nitrogen and oxygen atoms in total. The van der Waals surface area contributed by atoms with Crippen LogP contribution < -0.4 is 15.2 Å². The first-order valence-electron chi connectivity index (χ1n) is 4.43. The van der Waals surface area contributed by atoms with Crippen LogP contribution in [0.25, 0.3) is 0 Å². The van der Waals surface area contributed by atoms with Crippen LogP contribution in [0.1, 0.15) is 13.8 Å². The summed E-state index contributed by atoms with van der Waals surface area (Å²) in [4.78, 5) is 0. The van der Waals surface area contributed by atoms with Gasteiger partial charge in [-0.15, -0.1) is 0 Å². The van der Waals surface area contributed by atoms with E-state index in [0.29, 0.717) is 30.4 Å². The molecule has 0 heterocycles. The van der Waals surface area contributed by atoms with Crippen LogP contribution >= 0.6 is 0 Å². The maximum absolute atomic E-state index is 5.81. The average Bonchev–Trinajstić information content (AvgIpc) is 2.13. The number of nitrogens with two attached hydrogens (primary N) is 1. The van der Waals surface area contributed by atoms with Crippen LogP contribution in [-0.2, 0) is 0 Å². The molecule has 72 valence electrons. The summed E-state index contributed by atoms with van der Waals surface area (Å²) < 4.78 is 10.6. The highest BCUT2D eigenvalue weighted by atomic mass is 16.5. The lowest BCUT2D eigenvalue weighted by Crippen LogP contribution is -2.00. The number of ether oxygens (including phenoxy) is 2. The van der Waals surface area contributed by atoms with Crippen molar-refractivity contribution in [2.75, 3.05) is 18.9 Å². The van der Waals surface area contributed by atoms with Crippen LogP contribution in [-0.4, -0.2) is 13.2 Å². The SMILES string of the molecule is CCOc1cccc(OCC)c1N. The second-order valence-corrected chi connectivity index (χ2v) is 2.53. The van der Waals surface area contributed by atoms with E-state index in [4.69, 9.17) is 15.2 Å². The highest BCUT2D eigenvalue weighted by Gasteiger charge is 2.05. The molecule has 0 fully saturated rings. The lowest BCUT2D eigenvalue weighted by atomic mass is 10.3. The van der Waals surface area contributed by atoms with Gasteiger partial charge in [0.05, 0.1) is 13.2 Å². The molecule has 0 saturated heterocycles. The summed E-state index contributed by atoms with van der Waals surface area (Å²) >= 11 is 0. The number of hydrogen-bond acceptors (Lipinski definition) is 3. The van der Waals surface area contributed by atoms with E-state index in [1.165, 1.54) is 0 Å². The molecule has 0 bridgehead atoms. The molecule has 1 aromatic rings. The summed E-state index contributed by atoms with van der Waals surface area (Å²) in [6.07, 6.45) is 0. The molecule has 1 aromatic carbocycles. The average molecular weight is 181 g/mol. The van der Waals surface area contributed by atoms with Crippen LogP contribution in [0.4, 0.5) is 5.69 Å². The summed E-state index contributed by atoms with van der Waals surface area (Å²) in [5.74, 6) is 1.38. The van der Waals surface area contributed by atoms with Crippen LogP contribution in [0.2, 0.25) is 0 Å². The Balaban J connectivity index is 2.89. The molecule has 0 saturated carbocycles. The molecule has 13 heavy (non-hydrogen) atoms. The van der Waals surface area contributed by atoms with Gasteiger partial charge in [-0.25, -0.2) is 0 Å². The van der Waals surface area contributed by atoms with Gasteiger partial charge >= 0.3 is 0 Å². The molecule has 2 N–H and O–H groups in total. The zero-order valence-corrected chi connectivity index (χ0v) is 8.04. The van der Waals surface area contributed by atoms with Gasteiger partial charge in [0.1, 0.15) is 17.2 Å². The third kappa shape index (κ3) is 2.28. The van der Waals surface area contributed by atoms with Crippen molar-refractivity contribution in [2.45, 2.75) is 13.8 Å². The van der Waals surface area contributed by atoms with Crippen molar-refractivity contribution in [3.8, 4) is 11.5 Å². The summed E-state index contributed by atoms with van der Waals surface area (Å²) in [6.45, 7) is 5.07. The number of nitrogen functional groups attached to an aromatic ring is 1. The van der Waals surface area contributed by atoms with Gasteiger partial charge in [0.2, 0.25) is 0 Å². The number of benzene rings is 1. The van der Waals surface area contributed by atoms with Crippen molar-refractivity contribution in [1.82, 2.24) is 0 Å². The van der Waals surface area contributed by atoms with E-state index in [9.17, 15) is 0 Å². The second kappa shape index (κ2) is 4.60. The van der Waals surface area contributed by atoms with Crippen molar-refractivity contribution >= 4 is 5.69 Å². The Morgan fingerprint density at radius 3 is 1.92 bits per heavy atom. The smallest absolute Gasteiger partial charge is 0.145 e. The van der Waals surface area contributed by atoms with Gasteiger partial charge in [-0.1, -0.05) is 6.07 Å². The predicted octanol–water partition coefficient (Wildman–Crippen LogP) is 2.07. The van der Waals surface area contributed by atoms with Crippen LogP contribution in [0.5, 0.6) is 11.5 Å². The van der Waals surface area contributed by atoms with Crippen molar-refractivity contribution < 1.29 is 9.47 Å². The van der Waals surface area contributed by atoms with E-state index < -0.39 is 0 Å². The Kier molecular flexibility index (Phi) is 3.43. The van der Waals surface area contributed by atoms with E-state index in [1.54, 1.807) is 0 Å². The first kappa shape index (κ1) is 9.71. The molecule has 0 aliphatic carbocycles. The largest absolute Gasteiger partial charge is 0.492 e. The molecule has 0 aliphatic rings. The van der Waals surface area contributed by atoms with E-state index >= 15 is 0 Å². The summed E-state index contributed by atoms with van der Waals surface area (Å²) in [7, 11) is 0. The van der Waals surface area contributed by atoms with Gasteiger partial charge in [-0.05, 0) is 26.0 Å². The molecule has 0 aliphatic heterocycles. The van der Waals surface area contributed by atoms with Crippen LogP contribution in [0.3, 0.4) is 0 Å². The second-order valence-electron chi connectivity index (χ2n) is 2.53. The van der Waals surface area contributed by atoms with Crippen molar-refractivity contribution in [3.05, 3.63) is 18.2 Å². The fourth-order valence-corrected chi connectivity index (χ4v) is 1.09. The Labute approximate surface area is 78.5 Å². The van der Waals surface area contributed by atoms with Gasteiger partial charge in [-0.3, -0.25) is 0 Å². The fourth-order valence-electron chi connectivity index (χ4n) is 1.09. The third-order valence-corrected chi connectivity index (χ3v) is 1.63. The third-order valence-electron chi connectivity index (χ3n) is 1.63. The van der Waals surface area contributed by atoms with Crippen molar-refractivity contribution in [2.24, 2.45) is 0 Å². The normalized spacial score (nSPS) is 9.69. The minimum Gasteiger partial charge on any atom is -0.492 e. The summed E-state index contributed by atoms with van der Waals surface area (Å²) in [6, 6.07) is 5.54. The van der Waals surface area contributed by atoms with E-state index in [2.05, 4.69) is 0 Å². The van der Waals surface area contributed by atoms with Crippen LogP contribution in [0.15, 0.2) is 18.2 Å². The zero-order valence-electron chi connectivity index (χ0n) is 8.04. The van der Waals surface area contributed by atoms with E-state index in [0.717, 1.165) is 0 Å². The molecule has 0 amide bonds. The minimum atomic E-state index is 0.575. The maximum Gasteiger partial charge on any atom is 0.145 e. The molecule has 0 unspecified atom stereocenters. The lowest BCUT2D eigenvalue weighted by molar-refractivity contribution is 0.326.